The standard InChI is InChI=1S/C15H19ClN2O.C2H2O4/c1-17-9-11-18(12-10-17)8-2-3-13-19-15-6-4-14(16)5-7-15;3-1(4)2(5)6/h4-7H,8-13H2,1H3;(H,3,4)(H,5,6). The second-order valence-corrected chi connectivity index (χ2v) is 5.72. The molecule has 0 bridgehead atoms. The average molecular weight is 369 g/mol. The lowest BCUT2D eigenvalue weighted by atomic mass is 10.3. The monoisotopic (exact) mass is 368 g/mol. The maximum Gasteiger partial charge on any atom is 0.414 e. The summed E-state index contributed by atoms with van der Waals surface area (Å²) in [5.41, 5.74) is 0. The van der Waals surface area contributed by atoms with Gasteiger partial charge in [-0.15, -0.1) is 0 Å². The maximum atomic E-state index is 9.10. The number of ether oxygens (including phenoxy) is 1. The van der Waals surface area contributed by atoms with E-state index < -0.39 is 11.9 Å². The number of carboxylic acids is 2. The lowest BCUT2D eigenvalue weighted by Gasteiger charge is -2.30. The van der Waals surface area contributed by atoms with E-state index in [-0.39, 0.29) is 0 Å². The largest absolute Gasteiger partial charge is 0.481 e. The molecular formula is C17H21ClN2O5. The zero-order valence-electron chi connectivity index (χ0n) is 13.9. The van der Waals surface area contributed by atoms with Gasteiger partial charge in [0.2, 0.25) is 0 Å². The smallest absolute Gasteiger partial charge is 0.414 e. The zero-order chi connectivity index (χ0) is 18.7. The van der Waals surface area contributed by atoms with E-state index in [2.05, 4.69) is 28.7 Å². The van der Waals surface area contributed by atoms with Gasteiger partial charge in [-0.05, 0) is 31.3 Å². The molecule has 1 heterocycles. The van der Waals surface area contributed by atoms with Gasteiger partial charge < -0.3 is 19.8 Å². The molecule has 1 aromatic carbocycles. The van der Waals surface area contributed by atoms with Gasteiger partial charge in [0, 0.05) is 31.2 Å². The Balaban J connectivity index is 0.000000450. The first kappa shape index (κ1) is 20.8. The maximum absolute atomic E-state index is 9.10. The number of rotatable bonds is 3. The predicted molar refractivity (Wildman–Crippen MR) is 93.9 cm³/mol. The highest BCUT2D eigenvalue weighted by Gasteiger charge is 2.11. The van der Waals surface area contributed by atoms with Gasteiger partial charge in [0.1, 0.15) is 12.4 Å². The van der Waals surface area contributed by atoms with Crippen LogP contribution in [0, 0.1) is 11.8 Å². The molecule has 1 fully saturated rings. The van der Waals surface area contributed by atoms with E-state index >= 15 is 0 Å². The molecule has 2 rings (SSSR count). The van der Waals surface area contributed by atoms with Crippen molar-refractivity contribution in [3.63, 3.8) is 0 Å². The van der Waals surface area contributed by atoms with Crippen molar-refractivity contribution < 1.29 is 24.5 Å². The third-order valence-corrected chi connectivity index (χ3v) is 3.58. The SMILES string of the molecule is CN1CCN(CC#CCOc2ccc(Cl)cc2)CC1.O=C(O)C(=O)O. The highest BCUT2D eigenvalue weighted by atomic mass is 35.5. The summed E-state index contributed by atoms with van der Waals surface area (Å²) >= 11 is 5.80. The van der Waals surface area contributed by atoms with Crippen molar-refractivity contribution >= 4 is 23.5 Å². The van der Waals surface area contributed by atoms with Crippen LogP contribution in [-0.4, -0.2) is 78.3 Å². The highest BCUT2D eigenvalue weighted by Crippen LogP contribution is 2.14. The molecule has 0 saturated carbocycles. The summed E-state index contributed by atoms with van der Waals surface area (Å²) in [6, 6.07) is 7.33. The van der Waals surface area contributed by atoms with Crippen molar-refractivity contribution in [3.8, 4) is 17.6 Å². The van der Waals surface area contributed by atoms with Gasteiger partial charge in [-0.25, -0.2) is 9.59 Å². The molecule has 1 saturated heterocycles. The topological polar surface area (TPSA) is 90.3 Å². The van der Waals surface area contributed by atoms with Crippen molar-refractivity contribution in [1.82, 2.24) is 9.80 Å². The number of carboxylic acid groups (broad SMARTS) is 2. The van der Waals surface area contributed by atoms with E-state index in [0.29, 0.717) is 11.6 Å². The molecule has 1 aromatic rings. The first-order valence-corrected chi connectivity index (χ1v) is 7.97. The fourth-order valence-electron chi connectivity index (χ4n) is 1.87. The molecule has 25 heavy (non-hydrogen) atoms. The summed E-state index contributed by atoms with van der Waals surface area (Å²) in [6.07, 6.45) is 0. The number of nitrogens with zero attached hydrogens (tertiary/aromatic N) is 2. The van der Waals surface area contributed by atoms with E-state index in [1.807, 2.05) is 24.3 Å². The molecule has 0 spiro atoms. The van der Waals surface area contributed by atoms with Crippen molar-refractivity contribution in [1.29, 1.82) is 0 Å². The second kappa shape index (κ2) is 11.3. The van der Waals surface area contributed by atoms with E-state index in [9.17, 15) is 0 Å². The highest BCUT2D eigenvalue weighted by molar-refractivity contribution is 6.30. The minimum atomic E-state index is -1.82. The number of likely N-dealkylation sites (N-methyl/N-ethyl adjacent to an activating group) is 1. The van der Waals surface area contributed by atoms with E-state index in [1.54, 1.807) is 0 Å². The van der Waals surface area contributed by atoms with Gasteiger partial charge in [-0.1, -0.05) is 23.4 Å². The minimum absolute atomic E-state index is 0.426. The number of carbonyl (C=O) groups is 2. The predicted octanol–water partition coefficient (Wildman–Crippen LogP) is 1.13. The Bertz CT molecular complexity index is 604. The van der Waals surface area contributed by atoms with Gasteiger partial charge >= 0.3 is 11.9 Å². The lowest BCUT2D eigenvalue weighted by Crippen LogP contribution is -2.44. The van der Waals surface area contributed by atoms with Crippen LogP contribution < -0.4 is 4.74 Å². The zero-order valence-corrected chi connectivity index (χ0v) is 14.7. The van der Waals surface area contributed by atoms with Crippen molar-refractivity contribution in [2.45, 2.75) is 0 Å². The van der Waals surface area contributed by atoms with Gasteiger partial charge in [0.25, 0.3) is 0 Å². The first-order chi connectivity index (χ1) is 11.9. The van der Waals surface area contributed by atoms with Crippen LogP contribution in [0.3, 0.4) is 0 Å². The van der Waals surface area contributed by atoms with Crippen molar-refractivity contribution in [3.05, 3.63) is 29.3 Å². The molecule has 0 radical (unpaired) electrons. The van der Waals surface area contributed by atoms with E-state index in [4.69, 9.17) is 36.1 Å². The number of halogens is 1. The molecule has 0 aromatic heterocycles. The Morgan fingerprint density at radius 2 is 1.64 bits per heavy atom. The van der Waals surface area contributed by atoms with E-state index in [0.717, 1.165) is 38.5 Å². The van der Waals surface area contributed by atoms with E-state index in [1.165, 1.54) is 0 Å². The molecule has 0 amide bonds. The molecule has 136 valence electrons. The minimum Gasteiger partial charge on any atom is -0.481 e. The summed E-state index contributed by atoms with van der Waals surface area (Å²) < 4.78 is 5.51. The Hall–Kier alpha value is -2.27. The van der Waals surface area contributed by atoms with Crippen molar-refractivity contribution in [2.75, 3.05) is 46.4 Å². The van der Waals surface area contributed by atoms with Crippen LogP contribution in [0.5, 0.6) is 5.75 Å². The quantitative estimate of drug-likeness (QED) is 0.610. The van der Waals surface area contributed by atoms with Crippen LogP contribution in [-0.2, 0) is 9.59 Å². The first-order valence-electron chi connectivity index (χ1n) is 7.59. The average Bonchev–Trinajstić information content (AvgIpc) is 2.58. The number of hydrogen-bond donors (Lipinski definition) is 2. The molecule has 7 nitrogen and oxygen atoms in total. The number of hydrogen-bond acceptors (Lipinski definition) is 5. The molecule has 8 heteroatoms. The normalized spacial score (nSPS) is 14.5. The second-order valence-electron chi connectivity index (χ2n) is 5.29. The van der Waals surface area contributed by atoms with Crippen LogP contribution in [0.2, 0.25) is 5.02 Å². The van der Waals surface area contributed by atoms with Crippen LogP contribution in [0.1, 0.15) is 0 Å². The summed E-state index contributed by atoms with van der Waals surface area (Å²) in [5, 5.41) is 15.5. The molecular weight excluding hydrogens is 348 g/mol. The Labute approximate surface area is 151 Å². The summed E-state index contributed by atoms with van der Waals surface area (Å²) in [6.45, 7) is 5.71. The fraction of sp³-hybridized carbons (Fsp3) is 0.412. The number of aliphatic carboxylic acids is 2. The Morgan fingerprint density at radius 1 is 1.08 bits per heavy atom. The van der Waals surface area contributed by atoms with Crippen LogP contribution >= 0.6 is 11.6 Å². The summed E-state index contributed by atoms with van der Waals surface area (Å²) in [5.74, 6) is 3.36. The Morgan fingerprint density at radius 3 is 2.16 bits per heavy atom. The molecule has 2 N–H and O–H groups in total. The van der Waals surface area contributed by atoms with Crippen LogP contribution in [0.15, 0.2) is 24.3 Å². The van der Waals surface area contributed by atoms with Gasteiger partial charge in [-0.2, -0.15) is 0 Å². The molecule has 0 unspecified atom stereocenters. The van der Waals surface area contributed by atoms with Gasteiger partial charge in [0.05, 0.1) is 6.54 Å². The summed E-state index contributed by atoms with van der Waals surface area (Å²) in [7, 11) is 2.16. The fourth-order valence-corrected chi connectivity index (χ4v) is 2.00. The molecule has 1 aliphatic heterocycles. The van der Waals surface area contributed by atoms with Crippen LogP contribution in [0.4, 0.5) is 0 Å². The third-order valence-electron chi connectivity index (χ3n) is 3.33. The third kappa shape index (κ3) is 9.57. The number of piperazine rings is 1. The molecule has 1 aliphatic rings. The van der Waals surface area contributed by atoms with Gasteiger partial charge in [-0.3, -0.25) is 4.90 Å². The van der Waals surface area contributed by atoms with Crippen LogP contribution in [0.25, 0.3) is 0 Å². The van der Waals surface area contributed by atoms with Crippen molar-refractivity contribution in [2.24, 2.45) is 0 Å². The molecule has 0 aliphatic carbocycles. The lowest BCUT2D eigenvalue weighted by molar-refractivity contribution is -0.159. The number of benzene rings is 1. The summed E-state index contributed by atoms with van der Waals surface area (Å²) in [4.78, 5) is 22.9. The van der Waals surface area contributed by atoms with Gasteiger partial charge in [0.15, 0.2) is 0 Å². The molecule has 0 atom stereocenters. The Kier molecular flexibility index (Phi) is 9.40.